The van der Waals surface area contributed by atoms with E-state index < -0.39 is 11.9 Å². The summed E-state index contributed by atoms with van der Waals surface area (Å²) in [6.45, 7) is 8.35. The maximum Gasteiger partial charge on any atom is 0.188 e. The van der Waals surface area contributed by atoms with E-state index in [1.54, 1.807) is 6.08 Å². The van der Waals surface area contributed by atoms with Gasteiger partial charge in [-0.1, -0.05) is 50.3 Å². The zero-order valence-electron chi connectivity index (χ0n) is 11.6. The molecule has 3 heteroatoms. The van der Waals surface area contributed by atoms with Crippen LogP contribution in [0.2, 0.25) is 0 Å². The third-order valence-electron chi connectivity index (χ3n) is 4.01. The molecule has 0 bridgehead atoms. The second-order valence-corrected chi connectivity index (χ2v) is 5.06. The molecule has 4 atom stereocenters. The largest absolute Gasteiger partial charge is 0.365 e. The van der Waals surface area contributed by atoms with Gasteiger partial charge in [-0.15, -0.1) is 6.58 Å². The van der Waals surface area contributed by atoms with Crippen molar-refractivity contribution in [3.63, 3.8) is 0 Å². The summed E-state index contributed by atoms with van der Waals surface area (Å²) in [4.78, 5) is 0. The van der Waals surface area contributed by atoms with Gasteiger partial charge in [-0.05, 0) is 12.0 Å². The molecule has 0 amide bonds. The van der Waals surface area contributed by atoms with Crippen LogP contribution in [0.25, 0.3) is 0 Å². The Kier molecular flexibility index (Phi) is 4.40. The van der Waals surface area contributed by atoms with E-state index in [0.29, 0.717) is 6.61 Å². The molecular formula is C16H22O3. The van der Waals surface area contributed by atoms with Gasteiger partial charge in [0.05, 0.1) is 12.7 Å². The van der Waals surface area contributed by atoms with E-state index in [-0.39, 0.29) is 12.0 Å². The summed E-state index contributed by atoms with van der Waals surface area (Å²) in [5.74, 6) is 0.0775. The van der Waals surface area contributed by atoms with Gasteiger partial charge in [-0.3, -0.25) is 0 Å². The Morgan fingerprint density at radius 3 is 2.63 bits per heavy atom. The minimum atomic E-state index is -0.950. The van der Waals surface area contributed by atoms with Crippen molar-refractivity contribution < 1.29 is 14.6 Å². The standard InChI is InChI=1S/C16H22O3/c1-4-14-12(3)16(5-2,15(17)19-14)18-11-13-9-7-6-8-10-13/h5-10,12,14-15,17H,2,4,11H2,1,3H3/t12-,14-,15?,16-/m1/s1. The average molecular weight is 262 g/mol. The molecule has 1 aliphatic heterocycles. The Morgan fingerprint density at radius 1 is 1.42 bits per heavy atom. The van der Waals surface area contributed by atoms with E-state index in [4.69, 9.17) is 9.47 Å². The second-order valence-electron chi connectivity index (χ2n) is 5.06. The highest BCUT2D eigenvalue weighted by Gasteiger charge is 2.52. The molecule has 19 heavy (non-hydrogen) atoms. The van der Waals surface area contributed by atoms with Gasteiger partial charge in [0.2, 0.25) is 0 Å². The van der Waals surface area contributed by atoms with Gasteiger partial charge in [0.1, 0.15) is 5.60 Å². The van der Waals surface area contributed by atoms with Gasteiger partial charge in [-0.2, -0.15) is 0 Å². The van der Waals surface area contributed by atoms with Gasteiger partial charge in [0.25, 0.3) is 0 Å². The molecule has 104 valence electrons. The Morgan fingerprint density at radius 2 is 2.11 bits per heavy atom. The lowest BCUT2D eigenvalue weighted by atomic mass is 9.86. The van der Waals surface area contributed by atoms with Gasteiger partial charge in [0.15, 0.2) is 6.29 Å². The first-order valence-electron chi connectivity index (χ1n) is 6.79. The molecule has 1 aromatic carbocycles. The molecule has 1 heterocycles. The van der Waals surface area contributed by atoms with Crippen LogP contribution in [-0.4, -0.2) is 23.1 Å². The van der Waals surface area contributed by atoms with Gasteiger partial charge < -0.3 is 14.6 Å². The first-order valence-corrected chi connectivity index (χ1v) is 6.79. The van der Waals surface area contributed by atoms with E-state index in [9.17, 15) is 5.11 Å². The van der Waals surface area contributed by atoms with Crippen molar-refractivity contribution in [2.45, 2.75) is 44.9 Å². The predicted molar refractivity (Wildman–Crippen MR) is 74.5 cm³/mol. The van der Waals surface area contributed by atoms with E-state index in [0.717, 1.165) is 12.0 Å². The molecule has 0 saturated carbocycles. The van der Waals surface area contributed by atoms with Crippen molar-refractivity contribution in [2.75, 3.05) is 0 Å². The number of benzene rings is 1. The lowest BCUT2D eigenvalue weighted by molar-refractivity contribution is -0.178. The summed E-state index contributed by atoms with van der Waals surface area (Å²) >= 11 is 0. The van der Waals surface area contributed by atoms with Crippen molar-refractivity contribution in [3.8, 4) is 0 Å². The molecule has 0 radical (unpaired) electrons. The van der Waals surface area contributed by atoms with Gasteiger partial charge in [-0.25, -0.2) is 0 Å². The summed E-state index contributed by atoms with van der Waals surface area (Å²) in [5, 5.41) is 10.2. The summed E-state index contributed by atoms with van der Waals surface area (Å²) < 4.78 is 11.6. The molecule has 0 spiro atoms. The zero-order chi connectivity index (χ0) is 13.9. The molecule has 1 unspecified atom stereocenters. The Hall–Kier alpha value is -1.16. The van der Waals surface area contributed by atoms with Gasteiger partial charge >= 0.3 is 0 Å². The fraction of sp³-hybridized carbons (Fsp3) is 0.500. The molecular weight excluding hydrogens is 240 g/mol. The molecule has 1 aromatic rings. The normalized spacial score (nSPS) is 34.4. The van der Waals surface area contributed by atoms with Crippen molar-refractivity contribution in [3.05, 3.63) is 48.6 Å². The van der Waals surface area contributed by atoms with Crippen molar-refractivity contribution in [1.82, 2.24) is 0 Å². The number of rotatable bonds is 5. The van der Waals surface area contributed by atoms with Crippen LogP contribution in [0, 0.1) is 5.92 Å². The highest BCUT2D eigenvalue weighted by molar-refractivity contribution is 5.15. The highest BCUT2D eigenvalue weighted by atomic mass is 16.7. The second kappa shape index (κ2) is 5.87. The zero-order valence-corrected chi connectivity index (χ0v) is 11.6. The van der Waals surface area contributed by atoms with E-state index in [2.05, 4.69) is 6.58 Å². The van der Waals surface area contributed by atoms with Crippen LogP contribution < -0.4 is 0 Å². The van der Waals surface area contributed by atoms with Crippen LogP contribution in [0.15, 0.2) is 43.0 Å². The Balaban J connectivity index is 2.12. The maximum atomic E-state index is 10.2. The quantitative estimate of drug-likeness (QED) is 0.829. The van der Waals surface area contributed by atoms with E-state index >= 15 is 0 Å². The summed E-state index contributed by atoms with van der Waals surface area (Å²) in [6, 6.07) is 9.91. The predicted octanol–water partition coefficient (Wildman–Crippen LogP) is 2.89. The topological polar surface area (TPSA) is 38.7 Å². The van der Waals surface area contributed by atoms with Crippen molar-refractivity contribution in [1.29, 1.82) is 0 Å². The summed E-state index contributed by atoms with van der Waals surface area (Å²) in [7, 11) is 0. The molecule has 1 aliphatic rings. The third kappa shape index (κ3) is 2.59. The fourth-order valence-corrected chi connectivity index (χ4v) is 2.69. The molecule has 1 fully saturated rings. The molecule has 1 saturated heterocycles. The first-order chi connectivity index (χ1) is 9.14. The average Bonchev–Trinajstić information content (AvgIpc) is 2.70. The first kappa shape index (κ1) is 14.3. The van der Waals surface area contributed by atoms with Crippen LogP contribution >= 0.6 is 0 Å². The smallest absolute Gasteiger partial charge is 0.188 e. The van der Waals surface area contributed by atoms with E-state index in [1.165, 1.54) is 0 Å². The fourth-order valence-electron chi connectivity index (χ4n) is 2.69. The van der Waals surface area contributed by atoms with Crippen LogP contribution in [0.4, 0.5) is 0 Å². The lowest BCUT2D eigenvalue weighted by Gasteiger charge is -2.32. The Labute approximate surface area is 114 Å². The molecule has 2 rings (SSSR count). The molecule has 1 N–H and O–H groups in total. The Bertz CT molecular complexity index is 417. The van der Waals surface area contributed by atoms with E-state index in [1.807, 2.05) is 44.2 Å². The number of aliphatic hydroxyl groups is 1. The number of hydrogen-bond acceptors (Lipinski definition) is 3. The molecule has 0 aromatic heterocycles. The number of aliphatic hydroxyl groups excluding tert-OH is 1. The van der Waals surface area contributed by atoms with Crippen LogP contribution in [0.3, 0.4) is 0 Å². The molecule has 0 aliphatic carbocycles. The lowest BCUT2D eigenvalue weighted by Crippen LogP contribution is -2.44. The van der Waals surface area contributed by atoms with Crippen molar-refractivity contribution in [2.24, 2.45) is 5.92 Å². The monoisotopic (exact) mass is 262 g/mol. The minimum absolute atomic E-state index is 0.00349. The van der Waals surface area contributed by atoms with Gasteiger partial charge in [0, 0.05) is 5.92 Å². The SMILES string of the molecule is C=C[C@]1(OCc2ccccc2)C(O)O[C@H](CC)[C@H]1C. The number of ether oxygens (including phenoxy) is 2. The number of hydrogen-bond donors (Lipinski definition) is 1. The van der Waals surface area contributed by atoms with Crippen molar-refractivity contribution >= 4 is 0 Å². The van der Waals surface area contributed by atoms with Crippen LogP contribution in [-0.2, 0) is 16.1 Å². The highest BCUT2D eigenvalue weighted by Crippen LogP contribution is 2.40. The summed E-state index contributed by atoms with van der Waals surface area (Å²) in [6.07, 6.45) is 1.58. The maximum absolute atomic E-state index is 10.2. The summed E-state index contributed by atoms with van der Waals surface area (Å²) in [5.41, 5.74) is 0.249. The van der Waals surface area contributed by atoms with Crippen LogP contribution in [0.1, 0.15) is 25.8 Å². The minimum Gasteiger partial charge on any atom is -0.365 e. The molecule has 3 nitrogen and oxygen atoms in total. The third-order valence-corrected chi connectivity index (χ3v) is 4.01. The van der Waals surface area contributed by atoms with Crippen LogP contribution in [0.5, 0.6) is 0 Å².